The Bertz CT molecular complexity index is 5490. The van der Waals surface area contributed by atoms with Gasteiger partial charge in [-0.2, -0.15) is 0 Å². The molecular weight excluding hydrogens is 1190 g/mol. The van der Waals surface area contributed by atoms with Crippen LogP contribution in [0.25, 0.3) is 88.6 Å². The highest BCUT2D eigenvalue weighted by atomic mass is 15.0. The highest BCUT2D eigenvalue weighted by Gasteiger charge is 2.58. The number of fused-ring (bicyclic) bond motifs is 31. The Hall–Kier alpha value is -11.1. The summed E-state index contributed by atoms with van der Waals surface area (Å²) in [7, 11) is 0. The Morgan fingerprint density at radius 3 is 0.929 bits per heavy atom. The van der Waals surface area contributed by atoms with Gasteiger partial charge in [-0.15, -0.1) is 0 Å². The van der Waals surface area contributed by atoms with Crippen LogP contribution in [0.5, 0.6) is 0 Å². The summed E-state index contributed by atoms with van der Waals surface area (Å²) in [5, 5.41) is 2.61. The van der Waals surface area contributed by atoms with Gasteiger partial charge in [-0.3, -0.25) is 0 Å². The van der Waals surface area contributed by atoms with Crippen LogP contribution in [-0.4, -0.2) is 4.57 Å². The molecule has 1 nitrogen and oxygen atoms in total. The number of benzene rings is 14. The monoisotopic (exact) mass is 1260 g/mol. The van der Waals surface area contributed by atoms with Gasteiger partial charge < -0.3 is 4.57 Å². The summed E-state index contributed by atoms with van der Waals surface area (Å²) >= 11 is 0. The largest absolute Gasteiger partial charge is 0.340 e. The van der Waals surface area contributed by atoms with Crippen molar-refractivity contribution in [1.82, 2.24) is 4.57 Å². The fourth-order valence-electron chi connectivity index (χ4n) is 21.0. The summed E-state index contributed by atoms with van der Waals surface area (Å²) in [5.41, 5.74) is 40.1. The molecule has 1 aromatic heterocycles. The van der Waals surface area contributed by atoms with Crippen LogP contribution in [0.15, 0.2) is 303 Å². The molecule has 470 valence electrons. The molecule has 0 aliphatic heterocycles. The van der Waals surface area contributed by atoms with E-state index < -0.39 is 21.7 Å². The molecule has 1 heteroatoms. The molecular formula is C98H73N. The van der Waals surface area contributed by atoms with Crippen LogP contribution in [0.3, 0.4) is 0 Å². The Labute approximate surface area is 580 Å². The molecule has 0 bridgehead atoms. The lowest BCUT2D eigenvalue weighted by Crippen LogP contribution is -2.29. The van der Waals surface area contributed by atoms with Crippen LogP contribution in [0.4, 0.5) is 0 Å². The summed E-state index contributed by atoms with van der Waals surface area (Å²) in [6, 6.07) is 120. The molecule has 99 heavy (non-hydrogen) atoms. The average Bonchev–Trinajstić information content (AvgIpc) is 1.49. The maximum absolute atomic E-state index is 2.83. The quantitative estimate of drug-likeness (QED) is 0.129. The van der Waals surface area contributed by atoms with Crippen molar-refractivity contribution in [2.45, 2.75) is 81.6 Å². The van der Waals surface area contributed by atoms with E-state index in [1.54, 1.807) is 0 Å². The van der Waals surface area contributed by atoms with Gasteiger partial charge in [-0.05, 0) is 206 Å². The van der Waals surface area contributed by atoms with Gasteiger partial charge >= 0.3 is 0 Å². The number of aromatic nitrogens is 1. The standard InChI is InChI=1S/C98H73N/c1-5-7-26-62(6-2)59-99-89-57-75-87(95(63-27-10-8-11-28-63,65-47-43-60(3)44-48-65)83-51-53-85-91(93(75)83)71-35-18-24-41-81(71)97(85)77-37-20-14-31-67(77)68-32-15-21-38-78(68)97)55-73(89)74-56-88-76(58-90(74)99)94-84(96(88,64-29-12-9-13-30-64)66-49-45-61(4)46-50-66)52-54-86-92(94)72-36-19-25-42-82(72)98(86)79-39-22-16-33-69(79)70-34-17-23-40-80(70)98/h8-25,27-58,62H,5-7,26,59H2,1-4H3. The van der Waals surface area contributed by atoms with Crippen LogP contribution >= 0.6 is 0 Å². The predicted molar refractivity (Wildman–Crippen MR) is 409 cm³/mol. The van der Waals surface area contributed by atoms with Crippen molar-refractivity contribution in [3.63, 3.8) is 0 Å². The van der Waals surface area contributed by atoms with Crippen molar-refractivity contribution in [3.05, 3.63) is 403 Å². The maximum Gasteiger partial charge on any atom is 0.0725 e. The molecule has 6 aliphatic carbocycles. The summed E-state index contributed by atoms with van der Waals surface area (Å²) in [4.78, 5) is 0. The van der Waals surface area contributed by atoms with Gasteiger partial charge in [0.25, 0.3) is 0 Å². The first-order valence-corrected chi connectivity index (χ1v) is 36.2. The van der Waals surface area contributed by atoms with E-state index >= 15 is 0 Å². The summed E-state index contributed by atoms with van der Waals surface area (Å²) in [6.45, 7) is 10.2. The van der Waals surface area contributed by atoms with Gasteiger partial charge in [0.15, 0.2) is 0 Å². The van der Waals surface area contributed by atoms with Crippen LogP contribution < -0.4 is 0 Å². The smallest absolute Gasteiger partial charge is 0.0725 e. The van der Waals surface area contributed by atoms with Crippen molar-refractivity contribution in [3.8, 4) is 66.8 Å². The number of unbranched alkanes of at least 4 members (excludes halogenated alkanes) is 1. The minimum Gasteiger partial charge on any atom is -0.340 e. The van der Waals surface area contributed by atoms with E-state index in [4.69, 9.17) is 0 Å². The van der Waals surface area contributed by atoms with Gasteiger partial charge in [-0.25, -0.2) is 0 Å². The van der Waals surface area contributed by atoms with Crippen molar-refractivity contribution < 1.29 is 0 Å². The Morgan fingerprint density at radius 2 is 0.576 bits per heavy atom. The normalized spacial score (nSPS) is 17.5. The minimum atomic E-state index is -0.690. The molecule has 3 atom stereocenters. The molecule has 15 aromatic rings. The number of aryl methyl sites for hydroxylation is 2. The molecule has 14 aromatic carbocycles. The second kappa shape index (κ2) is 20.7. The van der Waals surface area contributed by atoms with Gasteiger partial charge in [-0.1, -0.05) is 323 Å². The van der Waals surface area contributed by atoms with Gasteiger partial charge in [0.1, 0.15) is 0 Å². The third kappa shape index (κ3) is 7.01. The highest BCUT2D eigenvalue weighted by molar-refractivity contribution is 6.16. The Morgan fingerprint density at radius 1 is 0.273 bits per heavy atom. The summed E-state index contributed by atoms with van der Waals surface area (Å²) in [5.74, 6) is 0.466. The zero-order valence-corrected chi connectivity index (χ0v) is 56.4. The van der Waals surface area contributed by atoms with Gasteiger partial charge in [0.05, 0.1) is 21.7 Å². The lowest BCUT2D eigenvalue weighted by molar-refractivity contribution is 0.401. The molecule has 0 amide bonds. The summed E-state index contributed by atoms with van der Waals surface area (Å²) in [6.07, 6.45) is 4.65. The van der Waals surface area contributed by atoms with Crippen molar-refractivity contribution in [2.75, 3.05) is 0 Å². The van der Waals surface area contributed by atoms with E-state index in [2.05, 4.69) is 336 Å². The van der Waals surface area contributed by atoms with E-state index in [1.807, 2.05) is 0 Å². The molecule has 2 spiro atoms. The fraction of sp³-hybridized carbons (Fsp3) is 0.143. The van der Waals surface area contributed by atoms with E-state index in [1.165, 1.54) is 208 Å². The first-order valence-electron chi connectivity index (χ1n) is 36.2. The average molecular weight is 1260 g/mol. The van der Waals surface area contributed by atoms with Crippen molar-refractivity contribution >= 4 is 21.8 Å². The third-order valence-electron chi connectivity index (χ3n) is 25.0. The molecule has 0 N–H and O–H groups in total. The predicted octanol–water partition coefficient (Wildman–Crippen LogP) is 24.0. The second-order valence-corrected chi connectivity index (χ2v) is 29.4. The minimum absolute atomic E-state index is 0.466. The first kappa shape index (κ1) is 57.0. The fourth-order valence-corrected chi connectivity index (χ4v) is 21.0. The van der Waals surface area contributed by atoms with E-state index in [-0.39, 0.29) is 0 Å². The highest BCUT2D eigenvalue weighted by Crippen LogP contribution is 2.71. The third-order valence-corrected chi connectivity index (χ3v) is 25.0. The Balaban J connectivity index is 0.929. The van der Waals surface area contributed by atoms with E-state index in [0.717, 1.165) is 13.0 Å². The van der Waals surface area contributed by atoms with E-state index in [9.17, 15) is 0 Å². The molecule has 0 saturated carbocycles. The summed E-state index contributed by atoms with van der Waals surface area (Å²) < 4.78 is 2.83. The number of nitrogens with zero attached hydrogens (tertiary/aromatic N) is 1. The van der Waals surface area contributed by atoms with Crippen LogP contribution in [0.1, 0.15) is 140 Å². The van der Waals surface area contributed by atoms with Crippen LogP contribution in [0.2, 0.25) is 0 Å². The molecule has 0 saturated heterocycles. The molecule has 21 rings (SSSR count). The van der Waals surface area contributed by atoms with Crippen LogP contribution in [0, 0.1) is 19.8 Å². The zero-order valence-electron chi connectivity index (χ0n) is 56.4. The van der Waals surface area contributed by atoms with Crippen molar-refractivity contribution in [1.29, 1.82) is 0 Å². The lowest BCUT2D eigenvalue weighted by atomic mass is 9.66. The zero-order chi connectivity index (χ0) is 65.7. The molecule has 1 heterocycles. The number of rotatable bonds is 10. The lowest BCUT2D eigenvalue weighted by Gasteiger charge is -2.35. The van der Waals surface area contributed by atoms with E-state index in [0.29, 0.717) is 5.92 Å². The molecule has 0 fully saturated rings. The second-order valence-electron chi connectivity index (χ2n) is 29.4. The van der Waals surface area contributed by atoms with Gasteiger partial charge in [0, 0.05) is 28.4 Å². The van der Waals surface area contributed by atoms with Crippen LogP contribution in [-0.2, 0) is 28.2 Å². The van der Waals surface area contributed by atoms with Gasteiger partial charge in [0.2, 0.25) is 0 Å². The number of hydrogen-bond donors (Lipinski definition) is 0. The topological polar surface area (TPSA) is 4.93 Å². The van der Waals surface area contributed by atoms with Crippen molar-refractivity contribution in [2.24, 2.45) is 5.92 Å². The molecule has 0 radical (unpaired) electrons. The SMILES string of the molecule is CCCCC(CC)Cn1c2cc3c(cc2c2cc4c(cc21)-c1c(ccc2c1-c1ccccc1C21c2ccccc2-c2ccccc21)C4(c1ccccc1)c1ccc(C)cc1)C(c1ccccc1)(c1ccc(C)cc1)c1ccc2c(c1-3)-c1ccccc1C21c2ccccc2-c2ccccc21. The molecule has 3 unspecified atom stereocenters. The Kier molecular flexibility index (Phi) is 11.9. The molecule has 6 aliphatic rings. The number of hydrogen-bond acceptors (Lipinski definition) is 0. The first-order chi connectivity index (χ1) is 48.9. The maximum atomic E-state index is 2.83.